The summed E-state index contributed by atoms with van der Waals surface area (Å²) in [6, 6.07) is 10.9. The van der Waals surface area contributed by atoms with Gasteiger partial charge in [-0.1, -0.05) is 63.6 Å². The zero-order valence-corrected chi connectivity index (χ0v) is 16.9. The van der Waals surface area contributed by atoms with Gasteiger partial charge < -0.3 is 0 Å². The molecule has 0 saturated carbocycles. The molecule has 3 heteroatoms. The van der Waals surface area contributed by atoms with Crippen LogP contribution in [0.2, 0.25) is 0 Å². The molecule has 130 valence electrons. The van der Waals surface area contributed by atoms with Crippen molar-refractivity contribution in [2.24, 2.45) is 0 Å². The molecule has 25 heavy (non-hydrogen) atoms. The third kappa shape index (κ3) is 5.31. The normalized spacial score (nSPS) is 11.4. The van der Waals surface area contributed by atoms with Gasteiger partial charge in [-0.15, -0.1) is 0 Å². The second kappa shape index (κ2) is 9.18. The molecule has 1 unspecified atom stereocenters. The fourth-order valence-electron chi connectivity index (χ4n) is 3.27. The van der Waals surface area contributed by atoms with Crippen molar-refractivity contribution in [1.29, 1.82) is 0 Å². The topological polar surface area (TPSA) is 17.1 Å². The summed E-state index contributed by atoms with van der Waals surface area (Å²) < 4.78 is 0. The standard InChI is InChI=1S/C22H29OP.Li.H/c1-13(2)18-8-9-19(14(3)4)20(12-18)24-22(23)21-16(6)10-15(5)11-17(21)7;;/h8-14,24H,1-7H3;;. The average molecular weight is 348 g/mol. The molecule has 0 saturated heterocycles. The molecule has 0 aliphatic carbocycles. The van der Waals surface area contributed by atoms with Crippen LogP contribution in [-0.2, 0) is 0 Å². The first-order chi connectivity index (χ1) is 11.2. The van der Waals surface area contributed by atoms with Gasteiger partial charge in [-0.2, -0.15) is 0 Å². The van der Waals surface area contributed by atoms with Gasteiger partial charge in [-0.05, 0) is 68.7 Å². The minimum atomic E-state index is 0. The number of hydrogen-bond acceptors (Lipinski definition) is 1. The monoisotopic (exact) mass is 348 g/mol. The van der Waals surface area contributed by atoms with E-state index in [-0.39, 0.29) is 33.0 Å². The van der Waals surface area contributed by atoms with E-state index in [1.54, 1.807) is 0 Å². The summed E-state index contributed by atoms with van der Waals surface area (Å²) in [6.07, 6.45) is 0. The Labute approximate surface area is 167 Å². The molecule has 1 atom stereocenters. The number of rotatable bonds is 5. The van der Waals surface area contributed by atoms with Crippen molar-refractivity contribution in [3.8, 4) is 0 Å². The fourth-order valence-corrected chi connectivity index (χ4v) is 4.79. The predicted octanol–water partition coefficient (Wildman–Crippen LogP) is 5.35. The first kappa shape index (κ1) is 22.2. The van der Waals surface area contributed by atoms with E-state index in [2.05, 4.69) is 65.0 Å². The Morgan fingerprint density at radius 1 is 0.880 bits per heavy atom. The summed E-state index contributed by atoms with van der Waals surface area (Å²) in [4.78, 5) is 13.0. The van der Waals surface area contributed by atoms with Crippen molar-refractivity contribution in [3.05, 3.63) is 63.7 Å². The van der Waals surface area contributed by atoms with Crippen molar-refractivity contribution in [2.45, 2.75) is 60.3 Å². The minimum absolute atomic E-state index is 0. The molecular weight excluding hydrogens is 318 g/mol. The molecule has 0 spiro atoms. The molecular formula is C22H30LiOP. The van der Waals surface area contributed by atoms with Crippen LogP contribution in [0.4, 0.5) is 0 Å². The van der Waals surface area contributed by atoms with Gasteiger partial charge in [0, 0.05) is 5.56 Å². The van der Waals surface area contributed by atoms with Crippen LogP contribution in [0.3, 0.4) is 0 Å². The fraction of sp³-hybridized carbons (Fsp3) is 0.409. The number of carbonyl (C=O) groups is 1. The second-order valence-corrected chi connectivity index (χ2v) is 8.63. The molecule has 1 nitrogen and oxygen atoms in total. The summed E-state index contributed by atoms with van der Waals surface area (Å²) in [5.74, 6) is 0.912. The van der Waals surface area contributed by atoms with Gasteiger partial charge in [0.2, 0.25) is 0 Å². The van der Waals surface area contributed by atoms with Gasteiger partial charge >= 0.3 is 18.9 Å². The van der Waals surface area contributed by atoms with E-state index in [0.29, 0.717) is 11.8 Å². The Bertz CT molecular complexity index is 740. The number of benzene rings is 2. The van der Waals surface area contributed by atoms with Crippen molar-refractivity contribution in [1.82, 2.24) is 0 Å². The molecule has 0 aliphatic rings. The molecule has 2 rings (SSSR count). The third-order valence-electron chi connectivity index (χ3n) is 4.52. The zero-order valence-electron chi connectivity index (χ0n) is 15.9. The van der Waals surface area contributed by atoms with Crippen LogP contribution < -0.4 is 5.30 Å². The molecule has 0 amide bonds. The quantitative estimate of drug-likeness (QED) is 0.525. The second-order valence-electron chi connectivity index (χ2n) is 7.38. The number of carbonyl (C=O) groups excluding carboxylic acids is 1. The van der Waals surface area contributed by atoms with Crippen molar-refractivity contribution in [2.75, 3.05) is 0 Å². The average Bonchev–Trinajstić information content (AvgIpc) is 2.45. The van der Waals surface area contributed by atoms with Crippen LogP contribution in [0.1, 0.15) is 77.7 Å². The Morgan fingerprint density at radius 2 is 1.44 bits per heavy atom. The molecule has 2 aromatic rings. The van der Waals surface area contributed by atoms with Gasteiger partial charge in [0.15, 0.2) is 5.52 Å². The predicted molar refractivity (Wildman–Crippen MR) is 115 cm³/mol. The molecule has 0 bridgehead atoms. The van der Waals surface area contributed by atoms with Gasteiger partial charge in [-0.3, -0.25) is 4.79 Å². The van der Waals surface area contributed by atoms with E-state index in [4.69, 9.17) is 0 Å². The summed E-state index contributed by atoms with van der Waals surface area (Å²) in [5, 5.41) is 1.21. The molecule has 2 aromatic carbocycles. The summed E-state index contributed by atoms with van der Waals surface area (Å²) in [5.41, 5.74) is 7.18. The summed E-state index contributed by atoms with van der Waals surface area (Å²) >= 11 is 0. The van der Waals surface area contributed by atoms with Crippen molar-refractivity contribution in [3.63, 3.8) is 0 Å². The molecule has 0 aromatic heterocycles. The zero-order chi connectivity index (χ0) is 18.0. The SMILES string of the molecule is Cc1cc(C)c(C(=O)Pc2cc(C(C)C)ccc2C(C)C)c(C)c1.[LiH]. The molecule has 0 heterocycles. The van der Waals surface area contributed by atoms with Crippen LogP contribution in [0.25, 0.3) is 0 Å². The van der Waals surface area contributed by atoms with E-state index in [1.165, 1.54) is 22.0 Å². The first-order valence-corrected chi connectivity index (χ1v) is 9.73. The molecule has 0 aliphatic heterocycles. The number of aryl methyl sites for hydroxylation is 3. The van der Waals surface area contributed by atoms with E-state index >= 15 is 0 Å². The van der Waals surface area contributed by atoms with Gasteiger partial charge in [0.05, 0.1) is 0 Å². The Kier molecular flexibility index (Phi) is 8.15. The van der Waals surface area contributed by atoms with Crippen LogP contribution in [0.5, 0.6) is 0 Å². The summed E-state index contributed by atoms with van der Waals surface area (Å²) in [7, 11) is 0.187. The van der Waals surface area contributed by atoms with Gasteiger partial charge in [-0.25, -0.2) is 0 Å². The van der Waals surface area contributed by atoms with Gasteiger partial charge in [0.25, 0.3) is 0 Å². The summed E-state index contributed by atoms with van der Waals surface area (Å²) in [6.45, 7) is 15.0. The van der Waals surface area contributed by atoms with Crippen LogP contribution in [-0.4, -0.2) is 24.4 Å². The van der Waals surface area contributed by atoms with Crippen molar-refractivity contribution >= 4 is 38.3 Å². The Morgan fingerprint density at radius 3 is 1.92 bits per heavy atom. The molecule has 0 fully saturated rings. The Hall–Kier alpha value is -0.863. The van der Waals surface area contributed by atoms with Gasteiger partial charge in [0.1, 0.15) is 0 Å². The first-order valence-electron chi connectivity index (χ1n) is 8.73. The molecule has 0 radical (unpaired) electrons. The number of hydrogen-bond donors (Lipinski definition) is 0. The van der Waals surface area contributed by atoms with E-state index in [9.17, 15) is 4.79 Å². The van der Waals surface area contributed by atoms with Crippen molar-refractivity contribution < 1.29 is 4.79 Å². The maximum atomic E-state index is 13.0. The van der Waals surface area contributed by atoms with E-state index in [1.807, 2.05) is 13.8 Å². The maximum absolute atomic E-state index is 13.0. The third-order valence-corrected chi connectivity index (χ3v) is 5.70. The van der Waals surface area contributed by atoms with Crippen LogP contribution >= 0.6 is 8.58 Å². The van der Waals surface area contributed by atoms with E-state index in [0.717, 1.165) is 16.7 Å². The Balaban J connectivity index is 0.00000312. The van der Waals surface area contributed by atoms with Crippen LogP contribution in [0, 0.1) is 20.8 Å². The van der Waals surface area contributed by atoms with Crippen LogP contribution in [0.15, 0.2) is 30.3 Å². The van der Waals surface area contributed by atoms with E-state index < -0.39 is 0 Å². The molecule has 0 N–H and O–H groups in total.